The molecule has 1 aliphatic carbocycles. The third kappa shape index (κ3) is 2.63. The van der Waals surface area contributed by atoms with Gasteiger partial charge in [0.1, 0.15) is 5.75 Å². The van der Waals surface area contributed by atoms with E-state index < -0.39 is 0 Å². The zero-order valence-electron chi connectivity index (χ0n) is 11.7. The van der Waals surface area contributed by atoms with E-state index in [1.807, 2.05) is 0 Å². The third-order valence-corrected chi connectivity index (χ3v) is 4.48. The molecule has 0 spiro atoms. The van der Waals surface area contributed by atoms with Gasteiger partial charge in [-0.25, -0.2) is 0 Å². The lowest BCUT2D eigenvalue weighted by molar-refractivity contribution is 0.0384. The highest BCUT2D eigenvalue weighted by Gasteiger charge is 2.20. The Morgan fingerprint density at radius 2 is 1.95 bits per heavy atom. The van der Waals surface area contributed by atoms with Crippen molar-refractivity contribution in [2.24, 2.45) is 0 Å². The number of hydrogen-bond donors (Lipinski definition) is 1. The number of phenolic OH excluding ortho intramolecular Hbond substituents is 1. The number of aryl methyl sites for hydroxylation is 1. The molecule has 1 aromatic carbocycles. The maximum atomic E-state index is 10.4. The molecule has 1 heterocycles. The average molecular weight is 261 g/mol. The van der Waals surface area contributed by atoms with E-state index in [0.29, 0.717) is 5.75 Å². The highest BCUT2D eigenvalue weighted by molar-refractivity contribution is 5.51. The lowest BCUT2D eigenvalue weighted by Gasteiger charge is -2.26. The maximum absolute atomic E-state index is 10.4. The zero-order chi connectivity index (χ0) is 13.2. The molecule has 1 saturated heterocycles. The van der Waals surface area contributed by atoms with Crippen LogP contribution in [0.15, 0.2) is 6.07 Å². The first-order chi connectivity index (χ1) is 9.25. The van der Waals surface area contributed by atoms with Crippen molar-refractivity contribution >= 4 is 0 Å². The second-order valence-electron chi connectivity index (χ2n) is 5.72. The largest absolute Gasteiger partial charge is 0.507 e. The predicted octanol–water partition coefficient (Wildman–Crippen LogP) is 2.06. The van der Waals surface area contributed by atoms with E-state index in [4.69, 9.17) is 4.74 Å². The minimum Gasteiger partial charge on any atom is -0.507 e. The Hall–Kier alpha value is -1.06. The highest BCUT2D eigenvalue weighted by Crippen LogP contribution is 2.35. The SMILES string of the molecule is Cc1cc(CCN2CCOCC2)c(O)c2c1CCC2. The lowest BCUT2D eigenvalue weighted by atomic mass is 9.97. The minimum absolute atomic E-state index is 0.575. The molecule has 0 radical (unpaired) electrons. The molecule has 0 saturated carbocycles. The van der Waals surface area contributed by atoms with Gasteiger partial charge >= 0.3 is 0 Å². The monoisotopic (exact) mass is 261 g/mol. The van der Waals surface area contributed by atoms with Crippen LogP contribution in [-0.2, 0) is 24.0 Å². The minimum atomic E-state index is 0.575. The van der Waals surface area contributed by atoms with Crippen molar-refractivity contribution in [1.82, 2.24) is 4.90 Å². The zero-order valence-corrected chi connectivity index (χ0v) is 11.7. The Morgan fingerprint density at radius 3 is 2.74 bits per heavy atom. The lowest BCUT2D eigenvalue weighted by Crippen LogP contribution is -2.37. The molecule has 0 aromatic heterocycles. The van der Waals surface area contributed by atoms with Crippen molar-refractivity contribution in [2.75, 3.05) is 32.8 Å². The molecule has 3 nitrogen and oxygen atoms in total. The molecular weight excluding hydrogens is 238 g/mol. The van der Waals surface area contributed by atoms with Crippen LogP contribution in [0.25, 0.3) is 0 Å². The van der Waals surface area contributed by atoms with Gasteiger partial charge in [0.15, 0.2) is 0 Å². The fourth-order valence-electron chi connectivity index (χ4n) is 3.34. The summed E-state index contributed by atoms with van der Waals surface area (Å²) in [6.07, 6.45) is 4.32. The van der Waals surface area contributed by atoms with Gasteiger partial charge < -0.3 is 9.84 Å². The first-order valence-electron chi connectivity index (χ1n) is 7.39. The van der Waals surface area contributed by atoms with Crippen LogP contribution in [-0.4, -0.2) is 42.9 Å². The van der Waals surface area contributed by atoms with Crippen molar-refractivity contribution in [3.8, 4) is 5.75 Å². The molecule has 0 bridgehead atoms. The average Bonchev–Trinajstić information content (AvgIpc) is 2.92. The Labute approximate surface area is 115 Å². The van der Waals surface area contributed by atoms with Crippen molar-refractivity contribution < 1.29 is 9.84 Å². The van der Waals surface area contributed by atoms with Crippen LogP contribution in [0.4, 0.5) is 0 Å². The number of ether oxygens (including phenoxy) is 1. The van der Waals surface area contributed by atoms with Crippen LogP contribution < -0.4 is 0 Å². The smallest absolute Gasteiger partial charge is 0.122 e. The summed E-state index contributed by atoms with van der Waals surface area (Å²) in [6, 6.07) is 2.19. The van der Waals surface area contributed by atoms with Crippen molar-refractivity contribution in [3.63, 3.8) is 0 Å². The van der Waals surface area contributed by atoms with Gasteiger partial charge in [0.05, 0.1) is 13.2 Å². The summed E-state index contributed by atoms with van der Waals surface area (Å²) >= 11 is 0. The standard InChI is InChI=1S/C16H23NO2/c1-12-11-13(5-6-17-7-9-19-10-8-17)16(18)15-4-2-3-14(12)15/h11,18H,2-10H2,1H3. The molecule has 3 rings (SSSR count). The second kappa shape index (κ2) is 5.51. The summed E-state index contributed by atoms with van der Waals surface area (Å²) < 4.78 is 5.36. The summed E-state index contributed by atoms with van der Waals surface area (Å²) in [6.45, 7) is 6.93. The van der Waals surface area contributed by atoms with Gasteiger partial charge in [-0.1, -0.05) is 6.07 Å². The molecule has 104 valence electrons. The quantitative estimate of drug-likeness (QED) is 0.904. The first-order valence-corrected chi connectivity index (χ1v) is 7.39. The van der Waals surface area contributed by atoms with Crippen molar-refractivity contribution in [1.29, 1.82) is 0 Å². The molecular formula is C16H23NO2. The Balaban J connectivity index is 1.72. The van der Waals surface area contributed by atoms with Crippen molar-refractivity contribution in [2.45, 2.75) is 32.6 Å². The van der Waals surface area contributed by atoms with Gasteiger partial charge in [-0.2, -0.15) is 0 Å². The molecule has 0 amide bonds. The van der Waals surface area contributed by atoms with Gasteiger partial charge in [-0.05, 0) is 54.9 Å². The topological polar surface area (TPSA) is 32.7 Å². The maximum Gasteiger partial charge on any atom is 0.122 e. The van der Waals surface area contributed by atoms with Crippen LogP contribution in [0.2, 0.25) is 0 Å². The van der Waals surface area contributed by atoms with E-state index in [9.17, 15) is 5.11 Å². The molecule has 0 unspecified atom stereocenters. The fourth-order valence-corrected chi connectivity index (χ4v) is 3.34. The molecule has 1 fully saturated rings. The Kier molecular flexibility index (Phi) is 3.76. The number of fused-ring (bicyclic) bond motifs is 1. The Bertz CT molecular complexity index is 464. The number of nitrogens with zero attached hydrogens (tertiary/aromatic N) is 1. The summed E-state index contributed by atoms with van der Waals surface area (Å²) in [5.41, 5.74) is 5.11. The molecule has 1 aromatic rings. The van der Waals surface area contributed by atoms with Crippen LogP contribution >= 0.6 is 0 Å². The van der Waals surface area contributed by atoms with Crippen LogP contribution in [0, 0.1) is 6.92 Å². The predicted molar refractivity (Wildman–Crippen MR) is 75.8 cm³/mol. The molecule has 19 heavy (non-hydrogen) atoms. The number of phenols is 1. The van der Waals surface area contributed by atoms with Gasteiger partial charge in [0, 0.05) is 19.6 Å². The molecule has 2 aliphatic rings. The molecule has 3 heteroatoms. The summed E-state index contributed by atoms with van der Waals surface area (Å²) in [5.74, 6) is 0.575. The number of hydrogen-bond acceptors (Lipinski definition) is 3. The van der Waals surface area contributed by atoms with Crippen LogP contribution in [0.1, 0.15) is 28.7 Å². The highest BCUT2D eigenvalue weighted by atomic mass is 16.5. The summed E-state index contributed by atoms with van der Waals surface area (Å²) in [4.78, 5) is 2.42. The van der Waals surface area contributed by atoms with Crippen LogP contribution in [0.5, 0.6) is 5.75 Å². The molecule has 1 aliphatic heterocycles. The van der Waals surface area contributed by atoms with E-state index in [0.717, 1.165) is 57.7 Å². The van der Waals surface area contributed by atoms with E-state index in [1.165, 1.54) is 23.1 Å². The Morgan fingerprint density at radius 1 is 1.21 bits per heavy atom. The third-order valence-electron chi connectivity index (χ3n) is 4.48. The van der Waals surface area contributed by atoms with Crippen molar-refractivity contribution in [3.05, 3.63) is 28.3 Å². The molecule has 0 atom stereocenters. The van der Waals surface area contributed by atoms with E-state index in [-0.39, 0.29) is 0 Å². The molecule has 1 N–H and O–H groups in total. The second-order valence-corrected chi connectivity index (χ2v) is 5.72. The number of benzene rings is 1. The van der Waals surface area contributed by atoms with E-state index >= 15 is 0 Å². The normalized spacial score (nSPS) is 19.6. The first kappa shape index (κ1) is 12.9. The van der Waals surface area contributed by atoms with Gasteiger partial charge in [0.2, 0.25) is 0 Å². The fraction of sp³-hybridized carbons (Fsp3) is 0.625. The van der Waals surface area contributed by atoms with E-state index in [1.54, 1.807) is 0 Å². The summed E-state index contributed by atoms with van der Waals surface area (Å²) in [5, 5.41) is 10.4. The van der Waals surface area contributed by atoms with Gasteiger partial charge in [-0.3, -0.25) is 4.90 Å². The number of morpholine rings is 1. The number of rotatable bonds is 3. The van der Waals surface area contributed by atoms with Crippen LogP contribution in [0.3, 0.4) is 0 Å². The van der Waals surface area contributed by atoms with E-state index in [2.05, 4.69) is 17.9 Å². The van der Waals surface area contributed by atoms with Gasteiger partial charge in [-0.15, -0.1) is 0 Å². The van der Waals surface area contributed by atoms with Gasteiger partial charge in [0.25, 0.3) is 0 Å². The summed E-state index contributed by atoms with van der Waals surface area (Å²) in [7, 11) is 0. The number of aromatic hydroxyl groups is 1.